The SMILES string of the molecule is CCC1CCC(N(C)Cc2ccc(CN)c(OC)c2)CC1. The van der Waals surface area contributed by atoms with Gasteiger partial charge in [-0.15, -0.1) is 0 Å². The van der Waals surface area contributed by atoms with E-state index >= 15 is 0 Å². The van der Waals surface area contributed by atoms with Crippen molar-refractivity contribution in [2.24, 2.45) is 11.7 Å². The minimum Gasteiger partial charge on any atom is -0.496 e. The topological polar surface area (TPSA) is 38.5 Å². The Bertz CT molecular complexity index is 439. The van der Waals surface area contributed by atoms with E-state index in [0.29, 0.717) is 6.54 Å². The van der Waals surface area contributed by atoms with Gasteiger partial charge in [-0.05, 0) is 50.3 Å². The largest absolute Gasteiger partial charge is 0.496 e. The number of methoxy groups -OCH3 is 1. The van der Waals surface area contributed by atoms with Crippen molar-refractivity contribution in [3.63, 3.8) is 0 Å². The first-order valence-corrected chi connectivity index (χ1v) is 8.24. The number of hydrogen-bond donors (Lipinski definition) is 1. The molecule has 0 aliphatic heterocycles. The smallest absolute Gasteiger partial charge is 0.123 e. The molecule has 0 atom stereocenters. The fourth-order valence-electron chi connectivity index (χ4n) is 3.47. The monoisotopic (exact) mass is 290 g/mol. The van der Waals surface area contributed by atoms with E-state index in [9.17, 15) is 0 Å². The molecule has 0 amide bonds. The van der Waals surface area contributed by atoms with Crippen LogP contribution in [0.1, 0.15) is 50.2 Å². The second-order valence-electron chi connectivity index (χ2n) is 6.35. The van der Waals surface area contributed by atoms with Crippen LogP contribution in [0.25, 0.3) is 0 Å². The molecule has 0 spiro atoms. The molecule has 0 bridgehead atoms. The van der Waals surface area contributed by atoms with Gasteiger partial charge < -0.3 is 10.5 Å². The average Bonchev–Trinajstić information content (AvgIpc) is 2.54. The maximum absolute atomic E-state index is 5.73. The van der Waals surface area contributed by atoms with Crippen molar-refractivity contribution in [1.29, 1.82) is 0 Å². The molecule has 0 heterocycles. The van der Waals surface area contributed by atoms with Crippen LogP contribution in [0.2, 0.25) is 0 Å². The summed E-state index contributed by atoms with van der Waals surface area (Å²) >= 11 is 0. The van der Waals surface area contributed by atoms with E-state index in [1.165, 1.54) is 37.7 Å². The van der Waals surface area contributed by atoms with Crippen LogP contribution in [0.15, 0.2) is 18.2 Å². The number of ether oxygens (including phenoxy) is 1. The molecule has 2 rings (SSSR count). The van der Waals surface area contributed by atoms with Crippen LogP contribution in [-0.2, 0) is 13.1 Å². The Kier molecular flexibility index (Phi) is 6.07. The molecule has 1 saturated carbocycles. The van der Waals surface area contributed by atoms with E-state index in [2.05, 4.69) is 37.1 Å². The minimum atomic E-state index is 0.528. The molecule has 1 aliphatic rings. The summed E-state index contributed by atoms with van der Waals surface area (Å²) in [5, 5.41) is 0. The lowest BCUT2D eigenvalue weighted by Gasteiger charge is -2.34. The first-order chi connectivity index (χ1) is 10.2. The molecule has 0 saturated heterocycles. The van der Waals surface area contributed by atoms with E-state index in [-0.39, 0.29) is 0 Å². The summed E-state index contributed by atoms with van der Waals surface area (Å²) in [4.78, 5) is 2.50. The number of rotatable bonds is 6. The molecular weight excluding hydrogens is 260 g/mol. The van der Waals surface area contributed by atoms with Gasteiger partial charge >= 0.3 is 0 Å². The molecule has 3 heteroatoms. The van der Waals surface area contributed by atoms with Crippen molar-refractivity contribution in [2.75, 3.05) is 14.2 Å². The zero-order valence-corrected chi connectivity index (χ0v) is 13.8. The highest BCUT2D eigenvalue weighted by molar-refractivity contribution is 5.37. The maximum Gasteiger partial charge on any atom is 0.123 e. The third-order valence-corrected chi connectivity index (χ3v) is 5.02. The highest BCUT2D eigenvalue weighted by Gasteiger charge is 2.23. The Hall–Kier alpha value is -1.06. The van der Waals surface area contributed by atoms with Crippen molar-refractivity contribution in [3.8, 4) is 5.75 Å². The molecule has 0 aromatic heterocycles. The second-order valence-corrected chi connectivity index (χ2v) is 6.35. The van der Waals surface area contributed by atoms with Crippen molar-refractivity contribution >= 4 is 0 Å². The Morgan fingerprint density at radius 3 is 2.52 bits per heavy atom. The lowest BCUT2D eigenvalue weighted by atomic mass is 9.84. The van der Waals surface area contributed by atoms with Crippen molar-refractivity contribution in [1.82, 2.24) is 4.90 Å². The van der Waals surface area contributed by atoms with Gasteiger partial charge in [0.05, 0.1) is 7.11 Å². The molecule has 3 nitrogen and oxygen atoms in total. The Morgan fingerprint density at radius 2 is 1.95 bits per heavy atom. The van der Waals surface area contributed by atoms with Crippen LogP contribution in [0.3, 0.4) is 0 Å². The summed E-state index contributed by atoms with van der Waals surface area (Å²) in [6.07, 6.45) is 6.80. The highest BCUT2D eigenvalue weighted by atomic mass is 16.5. The van der Waals surface area contributed by atoms with Crippen LogP contribution in [0.5, 0.6) is 5.75 Å². The Morgan fingerprint density at radius 1 is 1.24 bits per heavy atom. The fourth-order valence-corrected chi connectivity index (χ4v) is 3.47. The van der Waals surface area contributed by atoms with Crippen LogP contribution in [0, 0.1) is 5.92 Å². The van der Waals surface area contributed by atoms with Crippen LogP contribution >= 0.6 is 0 Å². The average molecular weight is 290 g/mol. The van der Waals surface area contributed by atoms with E-state index in [1.807, 2.05) is 0 Å². The molecule has 1 aromatic carbocycles. The summed E-state index contributed by atoms with van der Waals surface area (Å²) in [5.41, 5.74) is 8.12. The third-order valence-electron chi connectivity index (χ3n) is 5.02. The Balaban J connectivity index is 1.95. The van der Waals surface area contributed by atoms with Gasteiger partial charge in [0.25, 0.3) is 0 Å². The van der Waals surface area contributed by atoms with E-state index in [4.69, 9.17) is 10.5 Å². The predicted octanol–water partition coefficient (Wildman–Crippen LogP) is 3.55. The lowest BCUT2D eigenvalue weighted by Crippen LogP contribution is -2.34. The summed E-state index contributed by atoms with van der Waals surface area (Å²) in [6.45, 7) is 3.84. The highest BCUT2D eigenvalue weighted by Crippen LogP contribution is 2.30. The number of nitrogens with zero attached hydrogens (tertiary/aromatic N) is 1. The quantitative estimate of drug-likeness (QED) is 0.870. The minimum absolute atomic E-state index is 0.528. The van der Waals surface area contributed by atoms with Crippen LogP contribution in [-0.4, -0.2) is 25.1 Å². The third kappa shape index (κ3) is 4.21. The number of nitrogens with two attached hydrogens (primary N) is 1. The molecule has 1 aromatic rings. The molecule has 1 aliphatic carbocycles. The summed E-state index contributed by atoms with van der Waals surface area (Å²) in [6, 6.07) is 7.14. The van der Waals surface area contributed by atoms with Crippen LogP contribution < -0.4 is 10.5 Å². The van der Waals surface area contributed by atoms with Gasteiger partial charge in [0.15, 0.2) is 0 Å². The van der Waals surface area contributed by atoms with E-state index in [1.54, 1.807) is 7.11 Å². The van der Waals surface area contributed by atoms with E-state index in [0.717, 1.165) is 29.8 Å². The van der Waals surface area contributed by atoms with Gasteiger partial charge in [-0.3, -0.25) is 4.90 Å². The molecular formula is C18H30N2O. The van der Waals surface area contributed by atoms with Gasteiger partial charge in [0.1, 0.15) is 5.75 Å². The zero-order chi connectivity index (χ0) is 15.2. The fraction of sp³-hybridized carbons (Fsp3) is 0.667. The molecule has 0 unspecified atom stereocenters. The first kappa shape index (κ1) is 16.3. The van der Waals surface area contributed by atoms with Gasteiger partial charge in [-0.2, -0.15) is 0 Å². The lowest BCUT2D eigenvalue weighted by molar-refractivity contribution is 0.157. The maximum atomic E-state index is 5.73. The molecule has 1 fully saturated rings. The van der Waals surface area contributed by atoms with Crippen LogP contribution in [0.4, 0.5) is 0 Å². The number of benzene rings is 1. The van der Waals surface area contributed by atoms with Crippen molar-refractivity contribution < 1.29 is 4.74 Å². The molecule has 2 N–H and O–H groups in total. The zero-order valence-electron chi connectivity index (χ0n) is 13.8. The number of hydrogen-bond acceptors (Lipinski definition) is 3. The molecule has 118 valence electrons. The van der Waals surface area contributed by atoms with Crippen molar-refractivity contribution in [3.05, 3.63) is 29.3 Å². The first-order valence-electron chi connectivity index (χ1n) is 8.24. The second kappa shape index (κ2) is 7.81. The summed E-state index contributed by atoms with van der Waals surface area (Å²) in [7, 11) is 3.97. The standard InChI is InChI=1S/C18H30N2O/c1-4-14-6-9-17(10-7-14)20(2)13-15-5-8-16(12-19)18(11-15)21-3/h5,8,11,14,17H,4,6-7,9-10,12-13,19H2,1-3H3. The Labute approximate surface area is 129 Å². The van der Waals surface area contributed by atoms with Gasteiger partial charge in [-0.1, -0.05) is 25.5 Å². The van der Waals surface area contributed by atoms with Gasteiger partial charge in [-0.25, -0.2) is 0 Å². The summed E-state index contributed by atoms with van der Waals surface area (Å²) in [5.74, 6) is 1.87. The van der Waals surface area contributed by atoms with Gasteiger partial charge in [0, 0.05) is 24.7 Å². The van der Waals surface area contributed by atoms with Crippen molar-refractivity contribution in [2.45, 2.75) is 58.2 Å². The predicted molar refractivity (Wildman–Crippen MR) is 88.4 cm³/mol. The van der Waals surface area contributed by atoms with Gasteiger partial charge in [0.2, 0.25) is 0 Å². The molecule has 21 heavy (non-hydrogen) atoms. The van der Waals surface area contributed by atoms with E-state index < -0.39 is 0 Å². The normalized spacial score (nSPS) is 22.5. The summed E-state index contributed by atoms with van der Waals surface area (Å²) < 4.78 is 5.43. The molecule has 0 radical (unpaired) electrons.